The second kappa shape index (κ2) is 14.0. The zero-order valence-electron chi connectivity index (χ0n) is 25.9. The van der Waals surface area contributed by atoms with E-state index in [0.29, 0.717) is 30.8 Å². The number of ketones is 1. The number of halogens is 4. The summed E-state index contributed by atoms with van der Waals surface area (Å²) in [5.74, 6) is -7.06. The summed E-state index contributed by atoms with van der Waals surface area (Å²) in [5.41, 5.74) is 0.749. The van der Waals surface area contributed by atoms with Crippen molar-refractivity contribution in [2.45, 2.75) is 13.0 Å². The van der Waals surface area contributed by atoms with Crippen molar-refractivity contribution in [3.63, 3.8) is 0 Å². The first-order chi connectivity index (χ1) is 23.5. The summed E-state index contributed by atoms with van der Waals surface area (Å²) in [7, 11) is 0. The summed E-state index contributed by atoms with van der Waals surface area (Å²) < 4.78 is 59.1. The Balaban J connectivity index is 1.20. The van der Waals surface area contributed by atoms with Gasteiger partial charge in [-0.3, -0.25) is 14.4 Å². The van der Waals surface area contributed by atoms with Crippen LogP contribution in [0.4, 0.5) is 23.2 Å². The van der Waals surface area contributed by atoms with Crippen molar-refractivity contribution in [3.05, 3.63) is 153 Å². The molecule has 1 aliphatic heterocycles. The summed E-state index contributed by atoms with van der Waals surface area (Å²) in [6, 6.07) is 17.3. The number of aliphatic hydroxyl groups is 1. The molecule has 3 heterocycles. The SMILES string of the molecule is O=C(/C=C(/O)c1cc(Cc2cc(F)cc(F)c2F)cn(Cc2cccc(F)c2)c1=O)C(=O)N1CCN(c2ccc(-n3cccn3)cc2)CC1. The van der Waals surface area contributed by atoms with Gasteiger partial charge in [-0.15, -0.1) is 0 Å². The first-order valence-electron chi connectivity index (χ1n) is 15.3. The fourth-order valence-electron chi connectivity index (χ4n) is 5.71. The largest absolute Gasteiger partial charge is 0.507 e. The highest BCUT2D eigenvalue weighted by atomic mass is 19.2. The van der Waals surface area contributed by atoms with E-state index in [4.69, 9.17) is 0 Å². The first-order valence-corrected chi connectivity index (χ1v) is 15.3. The number of nitrogens with zero attached hydrogens (tertiary/aromatic N) is 5. The average molecular weight is 672 g/mol. The van der Waals surface area contributed by atoms with Crippen LogP contribution in [0.5, 0.6) is 0 Å². The van der Waals surface area contributed by atoms with Crippen LogP contribution in [-0.2, 0) is 22.6 Å². The molecule has 0 radical (unpaired) electrons. The lowest BCUT2D eigenvalue weighted by Gasteiger charge is -2.35. The predicted octanol–water partition coefficient (Wildman–Crippen LogP) is 5.05. The highest BCUT2D eigenvalue weighted by Crippen LogP contribution is 2.21. The van der Waals surface area contributed by atoms with Gasteiger partial charge in [-0.05, 0) is 71.3 Å². The normalized spacial score (nSPS) is 13.5. The molecule has 9 nitrogen and oxygen atoms in total. The molecule has 1 amide bonds. The molecule has 0 atom stereocenters. The lowest BCUT2D eigenvalue weighted by atomic mass is 10.0. The lowest BCUT2D eigenvalue weighted by molar-refractivity contribution is -0.142. The molecule has 250 valence electrons. The van der Waals surface area contributed by atoms with Crippen molar-refractivity contribution >= 4 is 23.1 Å². The molecular weight excluding hydrogens is 642 g/mol. The maximum absolute atomic E-state index is 14.5. The van der Waals surface area contributed by atoms with Crippen molar-refractivity contribution < 1.29 is 32.3 Å². The van der Waals surface area contributed by atoms with Crippen molar-refractivity contribution in [1.82, 2.24) is 19.2 Å². The molecule has 3 aromatic carbocycles. The molecule has 1 fully saturated rings. The Kier molecular flexibility index (Phi) is 9.42. The second-order valence-electron chi connectivity index (χ2n) is 11.5. The van der Waals surface area contributed by atoms with E-state index in [1.807, 2.05) is 36.5 Å². The van der Waals surface area contributed by atoms with Crippen molar-refractivity contribution in [1.29, 1.82) is 0 Å². The van der Waals surface area contributed by atoms with Gasteiger partial charge in [0.2, 0.25) is 5.78 Å². The molecule has 6 rings (SSSR count). The van der Waals surface area contributed by atoms with Crippen LogP contribution in [0, 0.1) is 23.3 Å². The Bertz CT molecular complexity index is 2110. The van der Waals surface area contributed by atoms with Gasteiger partial charge in [-0.25, -0.2) is 22.2 Å². The number of benzene rings is 3. The monoisotopic (exact) mass is 671 g/mol. The van der Waals surface area contributed by atoms with Crippen LogP contribution < -0.4 is 10.5 Å². The molecule has 0 aliphatic carbocycles. The van der Waals surface area contributed by atoms with Gasteiger partial charge < -0.3 is 19.5 Å². The number of carbonyl (C=O) groups is 2. The highest BCUT2D eigenvalue weighted by molar-refractivity contribution is 6.41. The third kappa shape index (κ3) is 7.45. The quantitative estimate of drug-likeness (QED) is 0.0775. The summed E-state index contributed by atoms with van der Waals surface area (Å²) >= 11 is 0. The molecule has 49 heavy (non-hydrogen) atoms. The zero-order valence-corrected chi connectivity index (χ0v) is 25.9. The molecule has 1 aliphatic rings. The maximum atomic E-state index is 14.5. The van der Waals surface area contributed by atoms with Gasteiger partial charge in [0.05, 0.1) is 17.8 Å². The smallest absolute Gasteiger partial charge is 0.294 e. The van der Waals surface area contributed by atoms with E-state index >= 15 is 0 Å². The highest BCUT2D eigenvalue weighted by Gasteiger charge is 2.26. The van der Waals surface area contributed by atoms with Crippen molar-refractivity contribution in [3.8, 4) is 5.69 Å². The minimum atomic E-state index is -1.40. The number of pyridine rings is 1. The van der Waals surface area contributed by atoms with Gasteiger partial charge in [0.1, 0.15) is 17.4 Å². The fraction of sp³-hybridized carbons (Fsp3) is 0.167. The van der Waals surface area contributed by atoms with Crippen LogP contribution in [0.15, 0.2) is 102 Å². The summed E-state index contributed by atoms with van der Waals surface area (Å²) in [6.07, 6.45) is 5.04. The molecule has 13 heteroatoms. The Labute approximate surface area is 277 Å². The summed E-state index contributed by atoms with van der Waals surface area (Å²) in [6.45, 7) is 1.16. The topological polar surface area (TPSA) is 101 Å². The van der Waals surface area contributed by atoms with E-state index in [1.165, 1.54) is 29.3 Å². The molecular formula is C36H29F4N5O4. The van der Waals surface area contributed by atoms with E-state index in [1.54, 1.807) is 16.9 Å². The number of piperazine rings is 1. The Hall–Kier alpha value is -5.98. The number of hydrogen-bond donors (Lipinski definition) is 1. The Morgan fingerprint density at radius 2 is 1.57 bits per heavy atom. The minimum Gasteiger partial charge on any atom is -0.507 e. The summed E-state index contributed by atoms with van der Waals surface area (Å²) in [5, 5.41) is 15.2. The molecule has 1 saturated heterocycles. The molecule has 0 bridgehead atoms. The van der Waals surface area contributed by atoms with Gasteiger partial charge in [0.15, 0.2) is 11.6 Å². The van der Waals surface area contributed by atoms with E-state index < -0.39 is 58.3 Å². The first kappa shape index (κ1) is 32.9. The lowest BCUT2D eigenvalue weighted by Crippen LogP contribution is -2.50. The van der Waals surface area contributed by atoms with E-state index in [9.17, 15) is 37.1 Å². The number of carbonyl (C=O) groups excluding carboxylic acids is 2. The number of hydrogen-bond acceptors (Lipinski definition) is 6. The molecule has 0 spiro atoms. The van der Waals surface area contributed by atoms with Gasteiger partial charge in [-0.1, -0.05) is 12.1 Å². The molecule has 2 aromatic heterocycles. The predicted molar refractivity (Wildman–Crippen MR) is 173 cm³/mol. The van der Waals surface area contributed by atoms with Crippen LogP contribution in [0.25, 0.3) is 11.4 Å². The summed E-state index contributed by atoms with van der Waals surface area (Å²) in [4.78, 5) is 43.0. The van der Waals surface area contributed by atoms with Crippen LogP contribution in [0.2, 0.25) is 0 Å². The zero-order chi connectivity index (χ0) is 34.7. The maximum Gasteiger partial charge on any atom is 0.294 e. The molecule has 5 aromatic rings. The van der Waals surface area contributed by atoms with E-state index in [-0.39, 0.29) is 30.8 Å². The third-order valence-corrected chi connectivity index (χ3v) is 8.15. The van der Waals surface area contributed by atoms with Gasteiger partial charge >= 0.3 is 0 Å². The minimum absolute atomic E-state index is 0.141. The number of amides is 1. The average Bonchev–Trinajstić information content (AvgIpc) is 3.63. The number of rotatable bonds is 9. The number of anilines is 1. The standard InChI is InChI=1S/C36H29F4N5O4/c37-26-4-1-3-23(16-26)21-44-22-24(15-25-18-27(38)19-31(39)34(25)40)17-30(35(44)48)32(46)20-33(47)36(49)43-13-11-42(12-14-43)28-5-7-29(8-6-28)45-10-2-9-41-45/h1-10,16-20,22,46H,11-15,21H2/b32-20+. The van der Waals surface area contributed by atoms with Crippen molar-refractivity contribution in [2.24, 2.45) is 0 Å². The van der Waals surface area contributed by atoms with Crippen LogP contribution in [0.1, 0.15) is 22.3 Å². The fourth-order valence-corrected chi connectivity index (χ4v) is 5.71. The van der Waals surface area contributed by atoms with Crippen LogP contribution in [-0.4, -0.2) is 62.2 Å². The molecule has 1 N–H and O–H groups in total. The Morgan fingerprint density at radius 1 is 0.837 bits per heavy atom. The molecule has 0 unspecified atom stereocenters. The van der Waals surface area contributed by atoms with Gasteiger partial charge in [0, 0.05) is 69.0 Å². The van der Waals surface area contributed by atoms with E-state index in [2.05, 4.69) is 10.00 Å². The van der Waals surface area contributed by atoms with Gasteiger partial charge in [-0.2, -0.15) is 5.10 Å². The van der Waals surface area contributed by atoms with Gasteiger partial charge in [0.25, 0.3) is 11.5 Å². The van der Waals surface area contributed by atoms with Crippen molar-refractivity contribution in [2.75, 3.05) is 31.1 Å². The number of aliphatic hydroxyl groups excluding tert-OH is 1. The van der Waals surface area contributed by atoms with E-state index in [0.717, 1.165) is 28.1 Å². The third-order valence-electron chi connectivity index (χ3n) is 8.15. The Morgan fingerprint density at radius 3 is 2.27 bits per heavy atom. The second-order valence-corrected chi connectivity index (χ2v) is 11.5. The molecule has 0 saturated carbocycles. The number of aromatic nitrogens is 3. The van der Waals surface area contributed by atoms with Crippen LogP contribution in [0.3, 0.4) is 0 Å². The van der Waals surface area contributed by atoms with Crippen LogP contribution >= 0.6 is 0 Å².